The molecule has 242 valence electrons. The van der Waals surface area contributed by atoms with E-state index in [9.17, 15) is 114 Å². The third-order valence-corrected chi connectivity index (χ3v) is 4.62. The molecule has 0 aliphatic rings. The van der Waals surface area contributed by atoms with Crippen molar-refractivity contribution in [2.24, 2.45) is 0 Å². The van der Waals surface area contributed by atoms with Crippen LogP contribution in [0.15, 0.2) is 0 Å². The highest BCUT2D eigenvalue weighted by Gasteiger charge is 2.99. The first-order valence-corrected chi connectivity index (χ1v) is 8.23. The number of halogens is 26. The van der Waals surface area contributed by atoms with Crippen LogP contribution < -0.4 is 0 Å². The van der Waals surface area contributed by atoms with E-state index in [-0.39, 0.29) is 0 Å². The van der Waals surface area contributed by atoms with E-state index in [4.69, 9.17) is 5.11 Å². The largest absolute Gasteiger partial charge is 0.423 e. The molecule has 0 aromatic carbocycles. The summed E-state index contributed by atoms with van der Waals surface area (Å²) in [6.45, 7) is 0. The second kappa shape index (κ2) is 9.07. The summed E-state index contributed by atoms with van der Waals surface area (Å²) >= 11 is 0. The predicted molar refractivity (Wildman–Crippen MR) is 67.6 cm³/mol. The van der Waals surface area contributed by atoms with Crippen LogP contribution in [-0.2, 0) is 0 Å². The fourth-order valence-corrected chi connectivity index (χ4v) is 2.11. The van der Waals surface area contributed by atoms with Gasteiger partial charge in [0.05, 0.1) is 0 Å². The van der Waals surface area contributed by atoms with Crippen molar-refractivity contribution in [1.82, 2.24) is 0 Å². The molecule has 0 rings (SSSR count). The molecule has 0 saturated heterocycles. The van der Waals surface area contributed by atoms with E-state index in [1.165, 1.54) is 0 Å². The first-order chi connectivity index (χ1) is 16.7. The summed E-state index contributed by atoms with van der Waals surface area (Å²) < 4.78 is 338. The lowest BCUT2D eigenvalue weighted by atomic mass is 9.84. The molecule has 0 aliphatic heterocycles. The van der Waals surface area contributed by atoms with Crippen LogP contribution in [0.3, 0.4) is 0 Å². The molecule has 0 aromatic rings. The molecular formula is C13H2F26O. The minimum Gasteiger partial charge on any atom is -0.331 e. The molecule has 0 fully saturated rings. The summed E-state index contributed by atoms with van der Waals surface area (Å²) in [4.78, 5) is 0. The fraction of sp³-hybridized carbons (Fsp3) is 1.00. The van der Waals surface area contributed by atoms with Gasteiger partial charge in [-0.25, -0.2) is 8.78 Å². The van der Waals surface area contributed by atoms with Crippen LogP contribution in [0.1, 0.15) is 0 Å². The van der Waals surface area contributed by atoms with Gasteiger partial charge in [0.1, 0.15) is 0 Å². The van der Waals surface area contributed by atoms with Crippen molar-refractivity contribution in [1.29, 1.82) is 0 Å². The summed E-state index contributed by atoms with van der Waals surface area (Å²) in [5.41, 5.74) is 0. The van der Waals surface area contributed by atoms with E-state index in [1.54, 1.807) is 0 Å². The van der Waals surface area contributed by atoms with E-state index >= 15 is 0 Å². The monoisotopic (exact) mass is 668 g/mol. The van der Waals surface area contributed by atoms with Crippen LogP contribution in [0.4, 0.5) is 114 Å². The van der Waals surface area contributed by atoms with Crippen molar-refractivity contribution in [3.63, 3.8) is 0 Å². The molecule has 0 amide bonds. The average molecular weight is 668 g/mol. The van der Waals surface area contributed by atoms with Gasteiger partial charge in [-0.05, 0) is 0 Å². The number of rotatable bonds is 12. The van der Waals surface area contributed by atoms with Gasteiger partial charge in [-0.3, -0.25) is 0 Å². The van der Waals surface area contributed by atoms with Gasteiger partial charge in [0.15, 0.2) is 0 Å². The quantitative estimate of drug-likeness (QED) is 0.211. The Kier molecular flexibility index (Phi) is 8.65. The van der Waals surface area contributed by atoms with Gasteiger partial charge >= 0.3 is 77.7 Å². The topological polar surface area (TPSA) is 20.2 Å². The minimum absolute atomic E-state index is 6.32. The van der Waals surface area contributed by atoms with E-state index in [0.717, 1.165) is 0 Å². The van der Waals surface area contributed by atoms with Crippen LogP contribution in [-0.4, -0.2) is 82.8 Å². The third kappa shape index (κ3) is 4.20. The Balaban J connectivity index is 7.35. The van der Waals surface area contributed by atoms with Crippen molar-refractivity contribution in [3.8, 4) is 0 Å². The number of aliphatic hydroxyl groups is 1. The molecular weight excluding hydrogens is 666 g/mol. The third-order valence-electron chi connectivity index (χ3n) is 4.62. The molecule has 27 heteroatoms. The smallest absolute Gasteiger partial charge is 0.331 e. The molecule has 0 radical (unpaired) electrons. The summed E-state index contributed by atoms with van der Waals surface area (Å²) in [6, 6.07) is 0. The van der Waals surface area contributed by atoms with Gasteiger partial charge in [0.2, 0.25) is 0 Å². The average Bonchev–Trinajstić information content (AvgIpc) is 2.71. The molecule has 40 heavy (non-hydrogen) atoms. The lowest BCUT2D eigenvalue weighted by molar-refractivity contribution is -0.486. The van der Waals surface area contributed by atoms with Crippen LogP contribution in [0.25, 0.3) is 0 Å². The van der Waals surface area contributed by atoms with Crippen LogP contribution in [0, 0.1) is 0 Å². The van der Waals surface area contributed by atoms with E-state index in [0.29, 0.717) is 0 Å². The Labute approximate surface area is 198 Å². The molecule has 0 heterocycles. The minimum atomic E-state index is -9.69. The van der Waals surface area contributed by atoms with E-state index in [1.807, 2.05) is 0 Å². The maximum absolute atomic E-state index is 13.5. The highest BCUT2D eigenvalue weighted by molar-refractivity contribution is 5.19. The molecule has 1 N–H and O–H groups in total. The number of hydrogen-bond donors (Lipinski definition) is 1. The summed E-state index contributed by atoms with van der Waals surface area (Å²) in [5.74, 6) is -101. The Morgan fingerprint density at radius 2 is 0.425 bits per heavy atom. The molecule has 0 aromatic heterocycles. The summed E-state index contributed by atoms with van der Waals surface area (Å²) in [7, 11) is 0. The summed E-state index contributed by atoms with van der Waals surface area (Å²) in [6.07, 6.45) is -14.0. The van der Waals surface area contributed by atoms with E-state index < -0.39 is 77.7 Å². The summed E-state index contributed by atoms with van der Waals surface area (Å²) in [5, 5.41) is 7.41. The first-order valence-electron chi connectivity index (χ1n) is 8.23. The Bertz CT molecular complexity index is 921. The zero-order chi connectivity index (χ0) is 33.6. The van der Waals surface area contributed by atoms with Crippen LogP contribution in [0.5, 0.6) is 0 Å². The Hall–Kier alpha value is -1.86. The van der Waals surface area contributed by atoms with Crippen molar-refractivity contribution >= 4 is 0 Å². The molecule has 0 saturated carbocycles. The first kappa shape index (κ1) is 38.1. The second-order valence-electron chi connectivity index (χ2n) is 7.21. The number of alkyl halides is 26. The maximum atomic E-state index is 13.5. The molecule has 1 nitrogen and oxygen atoms in total. The van der Waals surface area contributed by atoms with Gasteiger partial charge in [0, 0.05) is 0 Å². The van der Waals surface area contributed by atoms with Gasteiger partial charge in [-0.1, -0.05) is 0 Å². The molecule has 0 unspecified atom stereocenters. The normalized spacial score (nSPS) is 17.1. The van der Waals surface area contributed by atoms with E-state index in [2.05, 4.69) is 0 Å². The maximum Gasteiger partial charge on any atom is 0.423 e. The Morgan fingerprint density at radius 3 is 0.575 bits per heavy atom. The SMILES string of the molecule is OC(F)(F)C(F)(F)C(F)(F)C(F)(F)C(F)(F)C(F)(F)C(F)(F)C(F)(F)C(F)(F)C(F)(F)C(F)(F)C(F)(F)C(F)F. The van der Waals surface area contributed by atoms with Crippen molar-refractivity contribution in [2.45, 2.75) is 77.7 Å². The molecule has 0 aliphatic carbocycles. The zero-order valence-corrected chi connectivity index (χ0v) is 16.9. The lowest BCUT2D eigenvalue weighted by Gasteiger charge is -2.45. The highest BCUT2D eigenvalue weighted by atomic mass is 19.4. The van der Waals surface area contributed by atoms with Crippen molar-refractivity contribution < 1.29 is 119 Å². The standard InChI is InChI=1S/C13H2F26O/c14-1(15)2(16,17)3(18,19)4(20,21)5(22,23)6(24,25)7(26,27)8(28,29)9(30,31)10(32,33)11(34,35)12(36,37)13(38,39)40/h1,40H. The lowest BCUT2D eigenvalue weighted by Crippen LogP contribution is -2.78. The fourth-order valence-electron chi connectivity index (χ4n) is 2.11. The predicted octanol–water partition coefficient (Wildman–Crippen LogP) is 7.82. The van der Waals surface area contributed by atoms with Gasteiger partial charge < -0.3 is 5.11 Å². The molecule has 0 atom stereocenters. The molecule has 0 bridgehead atoms. The van der Waals surface area contributed by atoms with Gasteiger partial charge in [0.25, 0.3) is 0 Å². The van der Waals surface area contributed by atoms with Crippen LogP contribution >= 0.6 is 0 Å². The van der Waals surface area contributed by atoms with Gasteiger partial charge in [-0.15, -0.1) is 0 Å². The second-order valence-corrected chi connectivity index (χ2v) is 7.21. The molecule has 0 spiro atoms. The van der Waals surface area contributed by atoms with Gasteiger partial charge in [-0.2, -0.15) is 105 Å². The highest BCUT2D eigenvalue weighted by Crippen LogP contribution is 2.67. The Morgan fingerprint density at radius 1 is 0.275 bits per heavy atom. The van der Waals surface area contributed by atoms with Crippen molar-refractivity contribution in [2.75, 3.05) is 0 Å². The van der Waals surface area contributed by atoms with Crippen molar-refractivity contribution in [3.05, 3.63) is 0 Å². The number of hydrogen-bond acceptors (Lipinski definition) is 1. The van der Waals surface area contributed by atoms with Crippen LogP contribution in [0.2, 0.25) is 0 Å². The zero-order valence-electron chi connectivity index (χ0n) is 16.9.